The van der Waals surface area contributed by atoms with Crippen molar-refractivity contribution in [2.24, 2.45) is 5.92 Å². The first-order chi connectivity index (χ1) is 8.20. The van der Waals surface area contributed by atoms with Crippen molar-refractivity contribution in [1.82, 2.24) is 10.2 Å². The zero-order chi connectivity index (χ0) is 12.3. The molecule has 0 radical (unpaired) electrons. The summed E-state index contributed by atoms with van der Waals surface area (Å²) in [5.41, 5.74) is 0. The zero-order valence-electron chi connectivity index (χ0n) is 11.9. The Morgan fingerprint density at radius 1 is 1.18 bits per heavy atom. The van der Waals surface area contributed by atoms with E-state index in [2.05, 4.69) is 31.0 Å². The Balaban J connectivity index is 1.77. The van der Waals surface area contributed by atoms with Gasteiger partial charge in [-0.2, -0.15) is 0 Å². The molecule has 0 bridgehead atoms. The van der Waals surface area contributed by atoms with Gasteiger partial charge < -0.3 is 5.32 Å². The molecule has 17 heavy (non-hydrogen) atoms. The van der Waals surface area contributed by atoms with Crippen LogP contribution in [0.15, 0.2) is 0 Å². The summed E-state index contributed by atoms with van der Waals surface area (Å²) in [4.78, 5) is 2.80. The SMILES string of the molecule is CCC(CNC1CC1)N(CCC(C)C)C1CC1. The summed E-state index contributed by atoms with van der Waals surface area (Å²) >= 11 is 0. The van der Waals surface area contributed by atoms with Gasteiger partial charge >= 0.3 is 0 Å². The zero-order valence-corrected chi connectivity index (χ0v) is 11.9. The maximum atomic E-state index is 3.72. The first-order valence-corrected chi connectivity index (χ1v) is 7.69. The molecule has 1 N–H and O–H groups in total. The Kier molecular flexibility index (Phi) is 4.87. The number of rotatable bonds is 9. The molecule has 0 spiro atoms. The topological polar surface area (TPSA) is 15.3 Å². The molecule has 0 aromatic carbocycles. The fraction of sp³-hybridized carbons (Fsp3) is 1.00. The summed E-state index contributed by atoms with van der Waals surface area (Å²) in [5, 5.41) is 3.72. The first-order valence-electron chi connectivity index (χ1n) is 7.69. The second-order valence-corrected chi connectivity index (χ2v) is 6.40. The van der Waals surface area contributed by atoms with Gasteiger partial charge in [0.25, 0.3) is 0 Å². The fourth-order valence-electron chi connectivity index (χ4n) is 2.56. The van der Waals surface area contributed by atoms with Crippen LogP contribution in [0.5, 0.6) is 0 Å². The Hall–Kier alpha value is -0.0800. The van der Waals surface area contributed by atoms with E-state index in [0.29, 0.717) is 0 Å². The van der Waals surface area contributed by atoms with Gasteiger partial charge in [-0.15, -0.1) is 0 Å². The van der Waals surface area contributed by atoms with Gasteiger partial charge in [0, 0.05) is 24.7 Å². The summed E-state index contributed by atoms with van der Waals surface area (Å²) in [5.74, 6) is 0.838. The van der Waals surface area contributed by atoms with E-state index in [-0.39, 0.29) is 0 Å². The van der Waals surface area contributed by atoms with E-state index in [9.17, 15) is 0 Å². The molecule has 2 heteroatoms. The molecule has 2 nitrogen and oxygen atoms in total. The smallest absolute Gasteiger partial charge is 0.0221 e. The van der Waals surface area contributed by atoms with E-state index in [1.165, 1.54) is 51.6 Å². The molecule has 0 aliphatic heterocycles. The van der Waals surface area contributed by atoms with Crippen LogP contribution in [-0.4, -0.2) is 36.1 Å². The normalized spacial score (nSPS) is 22.4. The molecule has 2 fully saturated rings. The fourth-order valence-corrected chi connectivity index (χ4v) is 2.56. The van der Waals surface area contributed by atoms with Crippen LogP contribution in [0, 0.1) is 5.92 Å². The summed E-state index contributed by atoms with van der Waals surface area (Å²) in [6.07, 6.45) is 8.36. The molecule has 2 aliphatic carbocycles. The van der Waals surface area contributed by atoms with Crippen molar-refractivity contribution in [3.63, 3.8) is 0 Å². The molecule has 1 unspecified atom stereocenters. The van der Waals surface area contributed by atoms with Crippen molar-refractivity contribution < 1.29 is 0 Å². The van der Waals surface area contributed by atoms with Gasteiger partial charge in [-0.25, -0.2) is 0 Å². The molecule has 2 aliphatic rings. The van der Waals surface area contributed by atoms with Gasteiger partial charge in [0.2, 0.25) is 0 Å². The lowest BCUT2D eigenvalue weighted by molar-refractivity contribution is 0.167. The minimum Gasteiger partial charge on any atom is -0.312 e. The Morgan fingerprint density at radius 2 is 1.88 bits per heavy atom. The van der Waals surface area contributed by atoms with Crippen molar-refractivity contribution in [2.75, 3.05) is 13.1 Å². The minimum absolute atomic E-state index is 0.779. The molecule has 0 aromatic rings. The highest BCUT2D eigenvalue weighted by Crippen LogP contribution is 2.30. The van der Waals surface area contributed by atoms with Gasteiger partial charge in [-0.1, -0.05) is 20.8 Å². The maximum Gasteiger partial charge on any atom is 0.0221 e. The molecule has 0 heterocycles. The van der Waals surface area contributed by atoms with Crippen molar-refractivity contribution >= 4 is 0 Å². The third kappa shape index (κ3) is 4.59. The molecule has 0 amide bonds. The van der Waals surface area contributed by atoms with Crippen LogP contribution in [0.3, 0.4) is 0 Å². The molecule has 2 saturated carbocycles. The lowest BCUT2D eigenvalue weighted by Gasteiger charge is -2.32. The van der Waals surface area contributed by atoms with Gasteiger partial charge in [-0.3, -0.25) is 4.90 Å². The van der Waals surface area contributed by atoms with Gasteiger partial charge in [-0.05, 0) is 51.0 Å². The molecule has 2 rings (SSSR count). The second kappa shape index (κ2) is 6.19. The highest BCUT2D eigenvalue weighted by atomic mass is 15.2. The predicted molar refractivity (Wildman–Crippen MR) is 74.3 cm³/mol. The second-order valence-electron chi connectivity index (χ2n) is 6.40. The molecular formula is C15H30N2. The maximum absolute atomic E-state index is 3.72. The molecular weight excluding hydrogens is 208 g/mol. The lowest BCUT2D eigenvalue weighted by atomic mass is 10.1. The standard InChI is InChI=1S/C15H30N2/c1-4-14(11-16-13-5-6-13)17(15-7-8-15)10-9-12(2)3/h12-16H,4-11H2,1-3H3. The van der Waals surface area contributed by atoms with Gasteiger partial charge in [0.05, 0.1) is 0 Å². The number of hydrogen-bond donors (Lipinski definition) is 1. The Bertz CT molecular complexity index is 219. The number of hydrogen-bond acceptors (Lipinski definition) is 2. The summed E-state index contributed by atoms with van der Waals surface area (Å²) in [7, 11) is 0. The third-order valence-corrected chi connectivity index (χ3v) is 4.14. The highest BCUT2D eigenvalue weighted by Gasteiger charge is 2.33. The molecule has 0 aromatic heterocycles. The average molecular weight is 238 g/mol. The first kappa shape index (κ1) is 13.4. The monoisotopic (exact) mass is 238 g/mol. The Labute approximate surface area is 107 Å². The van der Waals surface area contributed by atoms with Crippen LogP contribution in [0.25, 0.3) is 0 Å². The van der Waals surface area contributed by atoms with Crippen LogP contribution in [0.4, 0.5) is 0 Å². The van der Waals surface area contributed by atoms with E-state index in [0.717, 1.165) is 24.0 Å². The van der Waals surface area contributed by atoms with Crippen LogP contribution in [0.1, 0.15) is 59.3 Å². The average Bonchev–Trinajstić information content (AvgIpc) is 3.15. The van der Waals surface area contributed by atoms with E-state index < -0.39 is 0 Å². The van der Waals surface area contributed by atoms with Crippen LogP contribution in [0.2, 0.25) is 0 Å². The van der Waals surface area contributed by atoms with Crippen LogP contribution < -0.4 is 5.32 Å². The summed E-state index contributed by atoms with van der Waals surface area (Å²) in [6, 6.07) is 2.55. The number of nitrogens with zero attached hydrogens (tertiary/aromatic N) is 1. The summed E-state index contributed by atoms with van der Waals surface area (Å²) < 4.78 is 0. The summed E-state index contributed by atoms with van der Waals surface area (Å²) in [6.45, 7) is 9.57. The van der Waals surface area contributed by atoms with Crippen LogP contribution in [-0.2, 0) is 0 Å². The van der Waals surface area contributed by atoms with Gasteiger partial charge in [0.15, 0.2) is 0 Å². The van der Waals surface area contributed by atoms with Crippen molar-refractivity contribution in [3.8, 4) is 0 Å². The quantitative estimate of drug-likeness (QED) is 0.664. The molecule has 0 saturated heterocycles. The lowest BCUT2D eigenvalue weighted by Crippen LogP contribution is -2.44. The van der Waals surface area contributed by atoms with Crippen molar-refractivity contribution in [1.29, 1.82) is 0 Å². The van der Waals surface area contributed by atoms with E-state index in [1.54, 1.807) is 0 Å². The Morgan fingerprint density at radius 3 is 2.35 bits per heavy atom. The predicted octanol–water partition coefficient (Wildman–Crippen LogP) is 3.03. The van der Waals surface area contributed by atoms with Crippen molar-refractivity contribution in [2.45, 2.75) is 77.4 Å². The van der Waals surface area contributed by atoms with Gasteiger partial charge in [0.1, 0.15) is 0 Å². The number of nitrogens with one attached hydrogen (secondary N) is 1. The molecule has 1 atom stereocenters. The largest absolute Gasteiger partial charge is 0.312 e. The van der Waals surface area contributed by atoms with E-state index >= 15 is 0 Å². The minimum atomic E-state index is 0.779. The van der Waals surface area contributed by atoms with Crippen LogP contribution >= 0.6 is 0 Å². The molecule has 100 valence electrons. The van der Waals surface area contributed by atoms with Crippen molar-refractivity contribution in [3.05, 3.63) is 0 Å². The third-order valence-electron chi connectivity index (χ3n) is 4.14. The van der Waals surface area contributed by atoms with E-state index in [1.807, 2.05) is 0 Å². The highest BCUT2D eigenvalue weighted by molar-refractivity contribution is 4.91. The van der Waals surface area contributed by atoms with E-state index in [4.69, 9.17) is 0 Å².